The van der Waals surface area contributed by atoms with Crippen LogP contribution in [0.1, 0.15) is 36.9 Å². The molecule has 1 atom stereocenters. The quantitative estimate of drug-likeness (QED) is 0.363. The monoisotopic (exact) mass is 449 g/mol. The number of nitrogens with zero attached hydrogens (tertiary/aromatic N) is 3. The van der Waals surface area contributed by atoms with Crippen molar-refractivity contribution in [2.24, 2.45) is 5.92 Å². The van der Waals surface area contributed by atoms with Crippen molar-refractivity contribution in [1.82, 2.24) is 14.7 Å². The van der Waals surface area contributed by atoms with E-state index in [-0.39, 0.29) is 5.75 Å². The third-order valence-electron chi connectivity index (χ3n) is 5.95. The predicted octanol–water partition coefficient (Wildman–Crippen LogP) is 5.65. The van der Waals surface area contributed by atoms with Crippen LogP contribution in [0.15, 0.2) is 67.3 Å². The van der Waals surface area contributed by atoms with Crippen molar-refractivity contribution in [1.29, 1.82) is 0 Å². The summed E-state index contributed by atoms with van der Waals surface area (Å²) in [6, 6.07) is 16.1. The van der Waals surface area contributed by atoms with Crippen molar-refractivity contribution in [3.8, 4) is 17.3 Å². The van der Waals surface area contributed by atoms with Crippen LogP contribution in [0.25, 0.3) is 5.69 Å². The highest BCUT2D eigenvalue weighted by atomic mass is 19.1. The van der Waals surface area contributed by atoms with Gasteiger partial charge >= 0.3 is 0 Å². The van der Waals surface area contributed by atoms with E-state index in [1.54, 1.807) is 22.9 Å². The summed E-state index contributed by atoms with van der Waals surface area (Å²) in [6.45, 7) is 7.77. The lowest BCUT2D eigenvalue weighted by Gasteiger charge is -2.25. The Morgan fingerprint density at radius 3 is 2.64 bits per heavy atom. The van der Waals surface area contributed by atoms with Gasteiger partial charge in [0.1, 0.15) is 0 Å². The smallest absolute Gasteiger partial charge is 0.227 e. The molecular weight excluding hydrogens is 417 g/mol. The number of aliphatic hydroxyl groups excluding tert-OH is 1. The summed E-state index contributed by atoms with van der Waals surface area (Å²) in [5.41, 5.74) is 2.57. The first kappa shape index (κ1) is 23.2. The molecule has 0 unspecified atom stereocenters. The molecule has 2 aromatic carbocycles. The van der Waals surface area contributed by atoms with Gasteiger partial charge in [0.05, 0.1) is 23.0 Å². The maximum Gasteiger partial charge on any atom is 0.227 e. The average molecular weight is 450 g/mol. The zero-order valence-electron chi connectivity index (χ0n) is 19.2. The van der Waals surface area contributed by atoms with Gasteiger partial charge in [-0.1, -0.05) is 36.4 Å². The summed E-state index contributed by atoms with van der Waals surface area (Å²) >= 11 is 0. The predicted molar refractivity (Wildman–Crippen MR) is 128 cm³/mol. The molecule has 5 nitrogen and oxygen atoms in total. The van der Waals surface area contributed by atoms with E-state index in [0.717, 1.165) is 29.9 Å². The number of aryl methyl sites for hydroxylation is 1. The number of allylic oxidation sites excluding steroid dienone is 1. The maximum absolute atomic E-state index is 14.5. The van der Waals surface area contributed by atoms with Crippen molar-refractivity contribution in [3.05, 3.63) is 84.3 Å². The highest BCUT2D eigenvalue weighted by molar-refractivity contribution is 5.43. The molecule has 174 valence electrons. The van der Waals surface area contributed by atoms with Crippen LogP contribution in [0.4, 0.5) is 4.39 Å². The first-order valence-corrected chi connectivity index (χ1v) is 11.6. The van der Waals surface area contributed by atoms with Crippen LogP contribution in [0.5, 0.6) is 11.6 Å². The Balaban J connectivity index is 1.67. The van der Waals surface area contributed by atoms with Gasteiger partial charge in [0.2, 0.25) is 5.88 Å². The molecule has 33 heavy (non-hydrogen) atoms. The number of halogens is 1. The van der Waals surface area contributed by atoms with E-state index < -0.39 is 11.9 Å². The minimum Gasteiger partial charge on any atom is -0.435 e. The molecule has 6 heteroatoms. The standard InChI is InChI=1S/C27H32FN3O2/c1-3-4-12-23(32)18-30(17-21-15-16-21)19-24-20(2)29-31(22-10-6-5-7-11-22)27(24)33-26-14-9-8-13-25(26)28/h3,5-11,13-14,21,23,32H,1,4,12,15-19H2,2H3/t23-/m1/s1. The molecule has 1 aliphatic rings. The molecule has 1 N–H and O–H groups in total. The van der Waals surface area contributed by atoms with Crippen LogP contribution in [0.3, 0.4) is 0 Å². The first-order chi connectivity index (χ1) is 16.0. The van der Waals surface area contributed by atoms with Crippen LogP contribution in [0.2, 0.25) is 0 Å². The summed E-state index contributed by atoms with van der Waals surface area (Å²) < 4.78 is 22.4. The van der Waals surface area contributed by atoms with Crippen molar-refractivity contribution < 1.29 is 14.2 Å². The van der Waals surface area contributed by atoms with Crippen molar-refractivity contribution in [3.63, 3.8) is 0 Å². The van der Waals surface area contributed by atoms with Crippen molar-refractivity contribution >= 4 is 0 Å². The molecule has 0 radical (unpaired) electrons. The average Bonchev–Trinajstić information content (AvgIpc) is 3.58. The molecule has 3 aromatic rings. The molecule has 1 heterocycles. The summed E-state index contributed by atoms with van der Waals surface area (Å²) in [6.07, 6.45) is 5.32. The molecule has 4 rings (SSSR count). The Kier molecular flexibility index (Phi) is 7.57. The van der Waals surface area contributed by atoms with Gasteiger partial charge in [-0.2, -0.15) is 5.10 Å². The Morgan fingerprint density at radius 1 is 1.21 bits per heavy atom. The van der Waals surface area contributed by atoms with E-state index in [2.05, 4.69) is 11.5 Å². The Labute approximate surface area is 195 Å². The fraction of sp³-hybridized carbons (Fsp3) is 0.370. The van der Waals surface area contributed by atoms with Crippen LogP contribution in [-0.4, -0.2) is 39.0 Å². The molecule has 0 amide bonds. The summed E-state index contributed by atoms with van der Waals surface area (Å²) in [5, 5.41) is 15.3. The van der Waals surface area contributed by atoms with Crippen molar-refractivity contribution in [2.45, 2.75) is 45.3 Å². The molecule has 1 aliphatic carbocycles. The van der Waals surface area contributed by atoms with E-state index in [4.69, 9.17) is 9.84 Å². The normalized spacial score (nSPS) is 14.4. The van der Waals surface area contributed by atoms with E-state index in [0.29, 0.717) is 31.3 Å². The topological polar surface area (TPSA) is 50.5 Å². The lowest BCUT2D eigenvalue weighted by atomic mass is 10.1. The number of rotatable bonds is 12. The number of ether oxygens (including phenoxy) is 1. The summed E-state index contributed by atoms with van der Waals surface area (Å²) in [7, 11) is 0. The van der Waals surface area contributed by atoms with Gasteiger partial charge in [-0.3, -0.25) is 4.90 Å². The van der Waals surface area contributed by atoms with Crippen LogP contribution in [0, 0.1) is 18.7 Å². The molecule has 1 saturated carbocycles. The largest absolute Gasteiger partial charge is 0.435 e. The van der Waals surface area contributed by atoms with Crippen LogP contribution >= 0.6 is 0 Å². The van der Waals surface area contributed by atoms with Gasteiger partial charge in [0.25, 0.3) is 0 Å². The number of aliphatic hydroxyl groups is 1. The number of hydrogen-bond acceptors (Lipinski definition) is 4. The molecule has 0 aliphatic heterocycles. The Morgan fingerprint density at radius 2 is 1.94 bits per heavy atom. The number of hydrogen-bond donors (Lipinski definition) is 1. The van der Waals surface area contributed by atoms with Crippen LogP contribution < -0.4 is 4.74 Å². The van der Waals surface area contributed by atoms with Gasteiger partial charge in [0, 0.05) is 19.6 Å². The fourth-order valence-electron chi connectivity index (χ4n) is 3.99. The second-order valence-corrected chi connectivity index (χ2v) is 8.81. The number of aromatic nitrogens is 2. The second kappa shape index (κ2) is 10.8. The molecule has 0 bridgehead atoms. The van der Waals surface area contributed by atoms with E-state index in [9.17, 15) is 9.50 Å². The highest BCUT2D eigenvalue weighted by Crippen LogP contribution is 2.35. The molecule has 0 spiro atoms. The molecule has 1 aromatic heterocycles. The first-order valence-electron chi connectivity index (χ1n) is 11.6. The Hall–Kier alpha value is -2.96. The van der Waals surface area contributed by atoms with Gasteiger partial charge in [-0.25, -0.2) is 9.07 Å². The highest BCUT2D eigenvalue weighted by Gasteiger charge is 2.28. The van der Waals surface area contributed by atoms with Gasteiger partial charge in [0.15, 0.2) is 11.6 Å². The van der Waals surface area contributed by atoms with Gasteiger partial charge < -0.3 is 9.84 Å². The molecule has 1 fully saturated rings. The van der Waals surface area contributed by atoms with Crippen LogP contribution in [-0.2, 0) is 6.54 Å². The molecule has 0 saturated heterocycles. The minimum atomic E-state index is -0.429. The van der Waals surface area contributed by atoms with Gasteiger partial charge in [-0.05, 0) is 62.8 Å². The third-order valence-corrected chi connectivity index (χ3v) is 5.95. The molecular formula is C27H32FN3O2. The lowest BCUT2D eigenvalue weighted by molar-refractivity contribution is 0.0991. The number of benzene rings is 2. The third kappa shape index (κ3) is 6.09. The van der Waals surface area contributed by atoms with E-state index in [1.807, 2.05) is 43.3 Å². The summed E-state index contributed by atoms with van der Waals surface area (Å²) in [4.78, 5) is 2.28. The maximum atomic E-state index is 14.5. The van der Waals surface area contributed by atoms with Gasteiger partial charge in [-0.15, -0.1) is 6.58 Å². The number of para-hydroxylation sites is 2. The Bertz CT molecular complexity index is 1060. The van der Waals surface area contributed by atoms with E-state index >= 15 is 0 Å². The SMILES string of the molecule is C=CCC[C@@H](O)CN(Cc1c(C)nn(-c2ccccc2)c1Oc1ccccc1F)CC1CC1. The minimum absolute atomic E-state index is 0.163. The zero-order valence-corrected chi connectivity index (χ0v) is 19.2. The lowest BCUT2D eigenvalue weighted by Crippen LogP contribution is -2.34. The zero-order chi connectivity index (χ0) is 23.2. The van der Waals surface area contributed by atoms with Crippen molar-refractivity contribution in [2.75, 3.05) is 13.1 Å². The van der Waals surface area contributed by atoms with E-state index in [1.165, 1.54) is 18.9 Å². The second-order valence-electron chi connectivity index (χ2n) is 8.81. The fourth-order valence-corrected chi connectivity index (χ4v) is 3.99. The summed E-state index contributed by atoms with van der Waals surface area (Å²) in [5.74, 6) is 0.911.